The van der Waals surface area contributed by atoms with Crippen molar-refractivity contribution in [2.45, 2.75) is 24.3 Å². The lowest BCUT2D eigenvalue weighted by atomic mass is 10.0. The maximum atomic E-state index is 13.7. The van der Waals surface area contributed by atoms with Gasteiger partial charge in [0.15, 0.2) is 5.82 Å². The summed E-state index contributed by atoms with van der Waals surface area (Å²) in [6.45, 7) is 2.09. The molecule has 0 spiro atoms. The van der Waals surface area contributed by atoms with E-state index in [0.29, 0.717) is 24.9 Å². The van der Waals surface area contributed by atoms with E-state index in [9.17, 15) is 17.2 Å². The van der Waals surface area contributed by atoms with E-state index in [1.54, 1.807) is 6.92 Å². The number of aromatic nitrogens is 2. The fourth-order valence-electron chi connectivity index (χ4n) is 2.53. The first kappa shape index (κ1) is 16.9. The number of hydrogen-bond acceptors (Lipinski definition) is 6. The minimum atomic E-state index is -4.11. The molecule has 2 aromatic rings. The number of nitrogens with one attached hydrogen (secondary N) is 1. The summed E-state index contributed by atoms with van der Waals surface area (Å²) < 4.78 is 63.9. The molecule has 0 aliphatic carbocycles. The number of benzene rings is 1. The normalized spacial score (nSPS) is 21.3. The lowest BCUT2D eigenvalue weighted by Crippen LogP contribution is -2.31. The number of rotatable bonds is 5. The molecule has 1 aliphatic heterocycles. The number of aryl methyl sites for hydroxylation is 1. The number of sulfonamides is 1. The van der Waals surface area contributed by atoms with Crippen molar-refractivity contribution in [3.63, 3.8) is 0 Å². The van der Waals surface area contributed by atoms with Gasteiger partial charge in [-0.15, -0.1) is 0 Å². The van der Waals surface area contributed by atoms with Crippen molar-refractivity contribution in [1.29, 1.82) is 0 Å². The van der Waals surface area contributed by atoms with Crippen molar-refractivity contribution < 1.29 is 26.5 Å². The molecule has 0 saturated carbocycles. The third kappa shape index (κ3) is 3.45. The average molecular weight is 359 g/mol. The van der Waals surface area contributed by atoms with Crippen LogP contribution < -0.4 is 4.72 Å². The van der Waals surface area contributed by atoms with Crippen LogP contribution in [0.15, 0.2) is 27.6 Å². The van der Waals surface area contributed by atoms with Crippen LogP contribution in [0.4, 0.5) is 8.78 Å². The molecule has 0 bridgehead atoms. The molecule has 3 rings (SSSR count). The molecule has 10 heteroatoms. The maximum Gasteiger partial charge on any atom is 0.256 e. The molecule has 2 heterocycles. The lowest BCUT2D eigenvalue weighted by Gasteiger charge is -2.16. The Balaban J connectivity index is 1.72. The van der Waals surface area contributed by atoms with E-state index in [1.165, 1.54) is 0 Å². The van der Waals surface area contributed by atoms with Crippen LogP contribution >= 0.6 is 0 Å². The standard InChI is InChI=1S/C14H15F2N3O4S/c1-8-18-14(23-19-8)13-9(4-5-22-13)7-17-24(20,21)12-3-2-10(15)6-11(12)16/h2-3,6,9,13,17H,4-5,7H2,1H3/t9-,13-/m0/s1. The molecule has 0 unspecified atom stereocenters. The van der Waals surface area contributed by atoms with E-state index >= 15 is 0 Å². The van der Waals surface area contributed by atoms with E-state index in [2.05, 4.69) is 14.9 Å². The van der Waals surface area contributed by atoms with Gasteiger partial charge in [-0.2, -0.15) is 4.98 Å². The molecule has 24 heavy (non-hydrogen) atoms. The minimum absolute atomic E-state index is 0.00520. The molecule has 130 valence electrons. The largest absolute Gasteiger partial charge is 0.368 e. The topological polar surface area (TPSA) is 94.3 Å². The SMILES string of the molecule is Cc1noc([C@H]2OCC[C@H]2CNS(=O)(=O)c2ccc(F)cc2F)n1. The monoisotopic (exact) mass is 359 g/mol. The van der Waals surface area contributed by atoms with Gasteiger partial charge in [0.05, 0.1) is 0 Å². The third-order valence-corrected chi connectivity index (χ3v) is 5.18. The van der Waals surface area contributed by atoms with Gasteiger partial charge >= 0.3 is 0 Å². The second kappa shape index (κ2) is 6.54. The Labute approximate surface area is 137 Å². The summed E-state index contributed by atoms with van der Waals surface area (Å²) in [6, 6.07) is 2.30. The number of hydrogen-bond donors (Lipinski definition) is 1. The molecule has 1 saturated heterocycles. The lowest BCUT2D eigenvalue weighted by molar-refractivity contribution is 0.0635. The van der Waals surface area contributed by atoms with Crippen LogP contribution in [0.2, 0.25) is 0 Å². The Morgan fingerprint density at radius 3 is 2.83 bits per heavy atom. The van der Waals surface area contributed by atoms with Crippen molar-refractivity contribution in [1.82, 2.24) is 14.9 Å². The third-order valence-electron chi connectivity index (χ3n) is 3.72. The Kier molecular flexibility index (Phi) is 4.61. The Hall–Kier alpha value is -1.91. The van der Waals surface area contributed by atoms with E-state index in [0.717, 1.165) is 12.1 Å². The van der Waals surface area contributed by atoms with Gasteiger partial charge in [-0.05, 0) is 25.5 Å². The minimum Gasteiger partial charge on any atom is -0.368 e. The van der Waals surface area contributed by atoms with Gasteiger partial charge in [0.25, 0.3) is 5.89 Å². The number of ether oxygens (including phenoxy) is 1. The zero-order chi connectivity index (χ0) is 17.3. The second-order valence-corrected chi connectivity index (χ2v) is 7.18. The molecule has 0 amide bonds. The molecule has 1 aliphatic rings. The zero-order valence-corrected chi connectivity index (χ0v) is 13.5. The summed E-state index contributed by atoms with van der Waals surface area (Å²) >= 11 is 0. The number of nitrogens with zero attached hydrogens (tertiary/aromatic N) is 2. The molecule has 2 atom stereocenters. The summed E-state index contributed by atoms with van der Waals surface area (Å²) in [7, 11) is -4.11. The van der Waals surface area contributed by atoms with Crippen molar-refractivity contribution >= 4 is 10.0 Å². The summed E-state index contributed by atoms with van der Waals surface area (Å²) in [5, 5.41) is 3.68. The van der Waals surface area contributed by atoms with Crippen LogP contribution in [-0.4, -0.2) is 31.7 Å². The van der Waals surface area contributed by atoms with E-state index in [-0.39, 0.29) is 18.4 Å². The molecule has 1 aromatic carbocycles. The highest BCUT2D eigenvalue weighted by atomic mass is 32.2. The predicted octanol–water partition coefficient (Wildman–Crippen LogP) is 1.71. The fraction of sp³-hybridized carbons (Fsp3) is 0.429. The van der Waals surface area contributed by atoms with Crippen LogP contribution in [0.3, 0.4) is 0 Å². The smallest absolute Gasteiger partial charge is 0.256 e. The Bertz CT molecular complexity index is 840. The summed E-state index contributed by atoms with van der Waals surface area (Å²) in [4.78, 5) is 3.48. The molecule has 1 aromatic heterocycles. The summed E-state index contributed by atoms with van der Waals surface area (Å²) in [6.07, 6.45) is 0.0625. The van der Waals surface area contributed by atoms with Crippen LogP contribution in [0.25, 0.3) is 0 Å². The fourth-order valence-corrected chi connectivity index (χ4v) is 3.68. The van der Waals surface area contributed by atoms with Gasteiger partial charge in [0, 0.05) is 25.1 Å². The summed E-state index contributed by atoms with van der Waals surface area (Å²) in [5.41, 5.74) is 0. The quantitative estimate of drug-likeness (QED) is 0.873. The first-order valence-corrected chi connectivity index (χ1v) is 8.71. The maximum absolute atomic E-state index is 13.7. The molecule has 7 nitrogen and oxygen atoms in total. The van der Waals surface area contributed by atoms with E-state index in [1.807, 2.05) is 0 Å². The van der Waals surface area contributed by atoms with Gasteiger partial charge in [-0.1, -0.05) is 5.16 Å². The van der Waals surface area contributed by atoms with Crippen molar-refractivity contribution in [3.05, 3.63) is 41.5 Å². The van der Waals surface area contributed by atoms with Gasteiger partial charge in [-0.25, -0.2) is 21.9 Å². The van der Waals surface area contributed by atoms with Crippen LogP contribution in [0.1, 0.15) is 24.2 Å². The molecular formula is C14H15F2N3O4S. The summed E-state index contributed by atoms with van der Waals surface area (Å²) in [5.74, 6) is -1.49. The Morgan fingerprint density at radius 2 is 2.17 bits per heavy atom. The zero-order valence-electron chi connectivity index (χ0n) is 12.7. The molecule has 0 radical (unpaired) electrons. The van der Waals surface area contributed by atoms with Gasteiger partial charge < -0.3 is 9.26 Å². The van der Waals surface area contributed by atoms with Gasteiger partial charge in [-0.3, -0.25) is 0 Å². The number of halogens is 2. The second-order valence-electron chi connectivity index (χ2n) is 5.45. The predicted molar refractivity (Wildman–Crippen MR) is 77.4 cm³/mol. The van der Waals surface area contributed by atoms with E-state index in [4.69, 9.17) is 9.26 Å². The molecule has 1 fully saturated rings. The highest BCUT2D eigenvalue weighted by molar-refractivity contribution is 7.89. The van der Waals surface area contributed by atoms with Crippen molar-refractivity contribution in [2.24, 2.45) is 5.92 Å². The first-order chi connectivity index (χ1) is 11.4. The van der Waals surface area contributed by atoms with Gasteiger partial charge in [0.1, 0.15) is 22.6 Å². The van der Waals surface area contributed by atoms with Crippen molar-refractivity contribution in [2.75, 3.05) is 13.2 Å². The van der Waals surface area contributed by atoms with Crippen LogP contribution in [-0.2, 0) is 14.8 Å². The van der Waals surface area contributed by atoms with Gasteiger partial charge in [0.2, 0.25) is 10.0 Å². The highest BCUT2D eigenvalue weighted by Gasteiger charge is 2.35. The molecule has 1 N–H and O–H groups in total. The van der Waals surface area contributed by atoms with Crippen LogP contribution in [0.5, 0.6) is 0 Å². The van der Waals surface area contributed by atoms with Crippen molar-refractivity contribution in [3.8, 4) is 0 Å². The van der Waals surface area contributed by atoms with E-state index < -0.39 is 32.7 Å². The average Bonchev–Trinajstić information content (AvgIpc) is 3.13. The molecular weight excluding hydrogens is 344 g/mol. The van der Waals surface area contributed by atoms with Crippen LogP contribution in [0, 0.1) is 24.5 Å². The Morgan fingerprint density at radius 1 is 1.38 bits per heavy atom. The first-order valence-electron chi connectivity index (χ1n) is 7.23. The highest BCUT2D eigenvalue weighted by Crippen LogP contribution is 2.33.